The fourth-order valence-corrected chi connectivity index (χ4v) is 5.15. The standard InChI is InChI=1S/C15H18Cl2N2O4S/c16-11-1-3-13(4-2-11)24(21,22)19-10-12(17)9-14(19)15(20)18-5-7-23-8-6-18/h1-4,12,14H,5-10H2/t12-,14+/m0/s1. The van der Waals surface area contributed by atoms with Gasteiger partial charge in [0.25, 0.3) is 0 Å². The second-order valence-electron chi connectivity index (χ2n) is 5.82. The molecule has 6 nitrogen and oxygen atoms in total. The van der Waals surface area contributed by atoms with Gasteiger partial charge in [-0.05, 0) is 30.7 Å². The number of nitrogens with zero attached hydrogens (tertiary/aromatic N) is 2. The van der Waals surface area contributed by atoms with Gasteiger partial charge in [-0.3, -0.25) is 4.79 Å². The lowest BCUT2D eigenvalue weighted by molar-refractivity contribution is -0.138. The van der Waals surface area contributed by atoms with Gasteiger partial charge < -0.3 is 9.64 Å². The summed E-state index contributed by atoms with van der Waals surface area (Å²) in [5.41, 5.74) is 0. The monoisotopic (exact) mass is 392 g/mol. The first kappa shape index (κ1) is 17.9. The van der Waals surface area contributed by atoms with Crippen molar-refractivity contribution in [2.45, 2.75) is 22.7 Å². The van der Waals surface area contributed by atoms with Crippen molar-refractivity contribution in [3.63, 3.8) is 0 Å². The van der Waals surface area contributed by atoms with Gasteiger partial charge in [0.2, 0.25) is 15.9 Å². The Morgan fingerprint density at radius 1 is 1.17 bits per heavy atom. The van der Waals surface area contributed by atoms with E-state index in [4.69, 9.17) is 27.9 Å². The Morgan fingerprint density at radius 2 is 1.79 bits per heavy atom. The molecule has 0 spiro atoms. The summed E-state index contributed by atoms with van der Waals surface area (Å²) in [7, 11) is -3.81. The van der Waals surface area contributed by atoms with Crippen LogP contribution < -0.4 is 0 Å². The number of halogens is 2. The van der Waals surface area contributed by atoms with Crippen molar-refractivity contribution in [1.82, 2.24) is 9.21 Å². The van der Waals surface area contributed by atoms with Crippen LogP contribution in [0.15, 0.2) is 29.2 Å². The van der Waals surface area contributed by atoms with E-state index in [9.17, 15) is 13.2 Å². The highest BCUT2D eigenvalue weighted by Gasteiger charge is 2.44. The van der Waals surface area contributed by atoms with Crippen LogP contribution in [0.25, 0.3) is 0 Å². The number of rotatable bonds is 3. The molecule has 0 bridgehead atoms. The molecule has 2 heterocycles. The van der Waals surface area contributed by atoms with Crippen LogP contribution in [-0.4, -0.2) is 67.8 Å². The summed E-state index contributed by atoms with van der Waals surface area (Å²) in [6.07, 6.45) is 0.310. The Kier molecular flexibility index (Phi) is 5.36. The van der Waals surface area contributed by atoms with Crippen molar-refractivity contribution >= 4 is 39.1 Å². The highest BCUT2D eigenvalue weighted by atomic mass is 35.5. The van der Waals surface area contributed by atoms with Crippen LogP contribution in [0.3, 0.4) is 0 Å². The van der Waals surface area contributed by atoms with E-state index in [0.29, 0.717) is 37.7 Å². The lowest BCUT2D eigenvalue weighted by Crippen LogP contribution is -2.50. The normalized spacial score (nSPS) is 25.8. The molecule has 0 aromatic heterocycles. The molecule has 2 atom stereocenters. The molecule has 0 unspecified atom stereocenters. The van der Waals surface area contributed by atoms with E-state index >= 15 is 0 Å². The molecule has 0 saturated carbocycles. The van der Waals surface area contributed by atoms with Crippen molar-refractivity contribution in [2.75, 3.05) is 32.8 Å². The van der Waals surface area contributed by atoms with Gasteiger partial charge in [0.1, 0.15) is 6.04 Å². The summed E-state index contributed by atoms with van der Waals surface area (Å²) in [6, 6.07) is 5.14. The van der Waals surface area contributed by atoms with Crippen LogP contribution in [0.5, 0.6) is 0 Å². The summed E-state index contributed by atoms with van der Waals surface area (Å²) in [5, 5.41) is 0.0635. The summed E-state index contributed by atoms with van der Waals surface area (Å²) in [4.78, 5) is 14.5. The molecule has 24 heavy (non-hydrogen) atoms. The number of amides is 1. The molecule has 0 aliphatic carbocycles. The van der Waals surface area contributed by atoms with E-state index in [-0.39, 0.29) is 22.7 Å². The summed E-state index contributed by atoms with van der Waals surface area (Å²) < 4.78 is 32.3. The van der Waals surface area contributed by atoms with Gasteiger partial charge in [0.05, 0.1) is 18.1 Å². The van der Waals surface area contributed by atoms with Gasteiger partial charge in [0, 0.05) is 30.0 Å². The Hall–Kier alpha value is -0.860. The van der Waals surface area contributed by atoms with Crippen LogP contribution in [0.4, 0.5) is 0 Å². The van der Waals surface area contributed by atoms with E-state index in [1.54, 1.807) is 4.90 Å². The highest BCUT2D eigenvalue weighted by molar-refractivity contribution is 7.89. The fraction of sp³-hybridized carbons (Fsp3) is 0.533. The summed E-state index contributed by atoms with van der Waals surface area (Å²) in [6.45, 7) is 1.99. The third-order valence-electron chi connectivity index (χ3n) is 4.23. The molecule has 2 aliphatic rings. The maximum atomic E-state index is 12.9. The Morgan fingerprint density at radius 3 is 2.42 bits per heavy atom. The Balaban J connectivity index is 1.86. The van der Waals surface area contributed by atoms with Crippen molar-refractivity contribution in [2.24, 2.45) is 0 Å². The van der Waals surface area contributed by atoms with Gasteiger partial charge >= 0.3 is 0 Å². The molecule has 132 valence electrons. The molecule has 2 aliphatic heterocycles. The first-order valence-electron chi connectivity index (χ1n) is 7.67. The second-order valence-corrected chi connectivity index (χ2v) is 8.76. The van der Waals surface area contributed by atoms with E-state index in [2.05, 4.69) is 0 Å². The first-order chi connectivity index (χ1) is 11.4. The predicted octanol–water partition coefficient (Wildman–Crippen LogP) is 1.57. The molecule has 3 rings (SSSR count). The molecule has 1 amide bonds. The number of carbonyl (C=O) groups excluding carboxylic acids is 1. The van der Waals surface area contributed by atoms with Crippen molar-refractivity contribution in [3.8, 4) is 0 Å². The summed E-state index contributed by atoms with van der Waals surface area (Å²) in [5.74, 6) is -0.209. The molecule has 1 aromatic carbocycles. The zero-order valence-electron chi connectivity index (χ0n) is 12.9. The summed E-state index contributed by atoms with van der Waals surface area (Å²) >= 11 is 12.0. The van der Waals surface area contributed by atoms with Crippen molar-refractivity contribution in [1.29, 1.82) is 0 Å². The van der Waals surface area contributed by atoms with E-state index in [1.165, 1.54) is 28.6 Å². The third-order valence-corrected chi connectivity index (χ3v) is 6.69. The number of hydrogen-bond acceptors (Lipinski definition) is 4. The van der Waals surface area contributed by atoms with Crippen molar-refractivity contribution in [3.05, 3.63) is 29.3 Å². The largest absolute Gasteiger partial charge is 0.378 e. The second kappa shape index (κ2) is 7.17. The minimum atomic E-state index is -3.81. The lowest BCUT2D eigenvalue weighted by Gasteiger charge is -2.32. The molecular weight excluding hydrogens is 375 g/mol. The number of alkyl halides is 1. The number of sulfonamides is 1. The smallest absolute Gasteiger partial charge is 0.243 e. The van der Waals surface area contributed by atoms with Gasteiger partial charge in [-0.1, -0.05) is 11.6 Å². The number of ether oxygens (including phenoxy) is 1. The number of benzene rings is 1. The average Bonchev–Trinajstić information content (AvgIpc) is 2.98. The number of morpholine rings is 1. The maximum absolute atomic E-state index is 12.9. The first-order valence-corrected chi connectivity index (χ1v) is 9.93. The quantitative estimate of drug-likeness (QED) is 0.732. The van der Waals surface area contributed by atoms with Gasteiger partial charge in [-0.15, -0.1) is 11.6 Å². The zero-order valence-corrected chi connectivity index (χ0v) is 15.2. The molecule has 0 radical (unpaired) electrons. The zero-order chi connectivity index (χ0) is 17.3. The van der Waals surface area contributed by atoms with E-state index in [1.807, 2.05) is 0 Å². The van der Waals surface area contributed by atoms with Crippen LogP contribution in [0.1, 0.15) is 6.42 Å². The number of hydrogen-bond donors (Lipinski definition) is 0. The van der Waals surface area contributed by atoms with Crippen LogP contribution in [-0.2, 0) is 19.6 Å². The predicted molar refractivity (Wildman–Crippen MR) is 90.8 cm³/mol. The van der Waals surface area contributed by atoms with E-state index < -0.39 is 16.1 Å². The SMILES string of the molecule is O=C([C@H]1C[C@H](Cl)CN1S(=O)(=O)c1ccc(Cl)cc1)N1CCOCC1. The highest BCUT2D eigenvalue weighted by Crippen LogP contribution is 2.30. The topological polar surface area (TPSA) is 66.9 Å². The van der Waals surface area contributed by atoms with Crippen LogP contribution in [0.2, 0.25) is 5.02 Å². The van der Waals surface area contributed by atoms with Gasteiger partial charge in [-0.25, -0.2) is 8.42 Å². The minimum absolute atomic E-state index is 0.109. The minimum Gasteiger partial charge on any atom is -0.378 e. The molecule has 9 heteroatoms. The number of carbonyl (C=O) groups is 1. The van der Waals surface area contributed by atoms with Gasteiger partial charge in [-0.2, -0.15) is 4.31 Å². The fourth-order valence-electron chi connectivity index (χ4n) is 2.98. The molecule has 2 saturated heterocycles. The maximum Gasteiger partial charge on any atom is 0.243 e. The molecule has 1 aromatic rings. The average molecular weight is 393 g/mol. The Bertz CT molecular complexity index is 705. The van der Waals surface area contributed by atoms with E-state index in [0.717, 1.165) is 0 Å². The Labute approximate surface area is 151 Å². The molecular formula is C15H18Cl2N2O4S. The van der Waals surface area contributed by atoms with Gasteiger partial charge in [0.15, 0.2) is 0 Å². The molecule has 0 N–H and O–H groups in total. The van der Waals surface area contributed by atoms with Crippen LogP contribution in [0, 0.1) is 0 Å². The molecule has 2 fully saturated rings. The van der Waals surface area contributed by atoms with Crippen LogP contribution >= 0.6 is 23.2 Å². The van der Waals surface area contributed by atoms with Crippen molar-refractivity contribution < 1.29 is 17.9 Å². The lowest BCUT2D eigenvalue weighted by atomic mass is 10.2. The third kappa shape index (κ3) is 3.55.